The molecule has 1 heterocycles. The number of amides is 1. The molecular formula is C13H16FIN2O. The Morgan fingerprint density at radius 2 is 2.39 bits per heavy atom. The van der Waals surface area contributed by atoms with Gasteiger partial charge in [-0.2, -0.15) is 0 Å². The predicted octanol–water partition coefficient (Wildman–Crippen LogP) is 2.30. The van der Waals surface area contributed by atoms with E-state index < -0.39 is 0 Å². The van der Waals surface area contributed by atoms with Gasteiger partial charge >= 0.3 is 0 Å². The lowest BCUT2D eigenvalue weighted by Crippen LogP contribution is -2.30. The highest BCUT2D eigenvalue weighted by molar-refractivity contribution is 14.1. The van der Waals surface area contributed by atoms with Gasteiger partial charge in [0.1, 0.15) is 5.82 Å². The first-order chi connectivity index (χ1) is 8.66. The molecule has 0 saturated carbocycles. The zero-order chi connectivity index (χ0) is 13.0. The van der Waals surface area contributed by atoms with Crippen LogP contribution in [-0.2, 0) is 0 Å². The first-order valence-electron chi connectivity index (χ1n) is 6.13. The lowest BCUT2D eigenvalue weighted by molar-refractivity contribution is 0.0951. The van der Waals surface area contributed by atoms with Gasteiger partial charge in [0.2, 0.25) is 0 Å². The van der Waals surface area contributed by atoms with Crippen LogP contribution in [0.3, 0.4) is 0 Å². The summed E-state index contributed by atoms with van der Waals surface area (Å²) in [5.41, 5.74) is 0.538. The molecule has 3 nitrogen and oxygen atoms in total. The van der Waals surface area contributed by atoms with Crippen LogP contribution in [0.4, 0.5) is 4.39 Å². The number of carbonyl (C=O) groups excluding carboxylic acids is 1. The van der Waals surface area contributed by atoms with Crippen molar-refractivity contribution in [3.8, 4) is 0 Å². The van der Waals surface area contributed by atoms with Gasteiger partial charge in [0.05, 0.1) is 5.56 Å². The van der Waals surface area contributed by atoms with Crippen LogP contribution in [0, 0.1) is 9.39 Å². The van der Waals surface area contributed by atoms with Gasteiger partial charge in [0, 0.05) is 16.2 Å². The summed E-state index contributed by atoms with van der Waals surface area (Å²) in [7, 11) is 0. The van der Waals surface area contributed by atoms with Gasteiger partial charge in [-0.25, -0.2) is 4.39 Å². The largest absolute Gasteiger partial charge is 0.352 e. The van der Waals surface area contributed by atoms with Crippen molar-refractivity contribution in [1.82, 2.24) is 10.6 Å². The molecule has 1 aromatic rings. The predicted molar refractivity (Wildman–Crippen MR) is 77.1 cm³/mol. The van der Waals surface area contributed by atoms with Gasteiger partial charge in [0.25, 0.3) is 5.91 Å². The smallest absolute Gasteiger partial charge is 0.252 e. The molecule has 18 heavy (non-hydrogen) atoms. The number of hydrogen-bond acceptors (Lipinski definition) is 2. The second-order valence-corrected chi connectivity index (χ2v) is 5.62. The lowest BCUT2D eigenvalue weighted by atomic mass is 10.1. The van der Waals surface area contributed by atoms with Crippen LogP contribution in [0.25, 0.3) is 0 Å². The maximum absolute atomic E-state index is 12.9. The maximum atomic E-state index is 12.9. The van der Waals surface area contributed by atoms with E-state index in [-0.39, 0.29) is 11.7 Å². The number of carbonyl (C=O) groups is 1. The Morgan fingerprint density at radius 3 is 3.06 bits per heavy atom. The van der Waals surface area contributed by atoms with E-state index in [0.29, 0.717) is 21.7 Å². The van der Waals surface area contributed by atoms with E-state index in [2.05, 4.69) is 10.6 Å². The molecule has 0 spiro atoms. The first kappa shape index (κ1) is 13.7. The van der Waals surface area contributed by atoms with Crippen LogP contribution >= 0.6 is 22.6 Å². The van der Waals surface area contributed by atoms with Gasteiger partial charge in [-0.1, -0.05) is 0 Å². The van der Waals surface area contributed by atoms with E-state index in [4.69, 9.17) is 0 Å². The van der Waals surface area contributed by atoms with Crippen molar-refractivity contribution < 1.29 is 9.18 Å². The molecule has 98 valence electrons. The molecule has 1 aliphatic rings. The summed E-state index contributed by atoms with van der Waals surface area (Å²) >= 11 is 1.98. The zero-order valence-electron chi connectivity index (χ0n) is 10.0. The quantitative estimate of drug-likeness (QED) is 0.808. The fraction of sp³-hybridized carbons (Fsp3) is 0.462. The Hall–Kier alpha value is -0.690. The van der Waals surface area contributed by atoms with Crippen molar-refractivity contribution in [3.63, 3.8) is 0 Å². The van der Waals surface area contributed by atoms with E-state index in [1.807, 2.05) is 22.6 Å². The van der Waals surface area contributed by atoms with Crippen molar-refractivity contribution in [2.75, 3.05) is 13.1 Å². The summed E-state index contributed by atoms with van der Waals surface area (Å²) in [5.74, 6) is -0.441. The summed E-state index contributed by atoms with van der Waals surface area (Å²) < 4.78 is 13.6. The topological polar surface area (TPSA) is 41.1 Å². The van der Waals surface area contributed by atoms with Crippen molar-refractivity contribution >= 4 is 28.5 Å². The highest BCUT2D eigenvalue weighted by Crippen LogP contribution is 2.14. The van der Waals surface area contributed by atoms with Crippen LogP contribution in [0.1, 0.15) is 29.6 Å². The molecule has 1 aliphatic heterocycles. The Kier molecular flexibility index (Phi) is 4.94. The number of halogens is 2. The van der Waals surface area contributed by atoms with E-state index in [1.165, 1.54) is 31.0 Å². The van der Waals surface area contributed by atoms with Crippen LogP contribution in [-0.4, -0.2) is 25.0 Å². The molecular weight excluding hydrogens is 346 g/mol. The maximum Gasteiger partial charge on any atom is 0.252 e. The number of nitrogens with one attached hydrogen (secondary N) is 2. The Morgan fingerprint density at radius 1 is 1.56 bits per heavy atom. The minimum Gasteiger partial charge on any atom is -0.352 e. The molecule has 5 heteroatoms. The number of benzene rings is 1. The molecule has 0 radical (unpaired) electrons. The van der Waals surface area contributed by atoms with Gasteiger partial charge in [-0.05, 0) is 66.6 Å². The summed E-state index contributed by atoms with van der Waals surface area (Å²) in [6, 6.07) is 4.74. The van der Waals surface area contributed by atoms with Crippen molar-refractivity contribution in [1.29, 1.82) is 0 Å². The van der Waals surface area contributed by atoms with E-state index in [9.17, 15) is 9.18 Å². The Bertz CT molecular complexity index is 433. The van der Waals surface area contributed by atoms with E-state index >= 15 is 0 Å². The van der Waals surface area contributed by atoms with Gasteiger partial charge < -0.3 is 10.6 Å². The van der Waals surface area contributed by atoms with Crippen molar-refractivity contribution in [2.24, 2.45) is 0 Å². The molecule has 1 aromatic carbocycles. The zero-order valence-corrected chi connectivity index (χ0v) is 12.2. The molecule has 1 atom stereocenters. The molecule has 2 N–H and O–H groups in total. The minimum atomic E-state index is -0.314. The van der Waals surface area contributed by atoms with Gasteiger partial charge in [0.15, 0.2) is 0 Å². The summed E-state index contributed by atoms with van der Waals surface area (Å²) in [5, 5.41) is 6.27. The second kappa shape index (κ2) is 6.47. The molecule has 0 aromatic heterocycles. The fourth-order valence-electron chi connectivity index (χ4n) is 2.13. The second-order valence-electron chi connectivity index (χ2n) is 4.46. The SMILES string of the molecule is O=C(NCC[C@H]1CCCN1)c1ccc(F)cc1I. The average molecular weight is 362 g/mol. The average Bonchev–Trinajstić information content (AvgIpc) is 2.81. The molecule has 1 saturated heterocycles. The summed E-state index contributed by atoms with van der Waals surface area (Å²) in [6.45, 7) is 1.73. The Balaban J connectivity index is 1.83. The summed E-state index contributed by atoms with van der Waals surface area (Å²) in [6.07, 6.45) is 3.35. The third-order valence-corrected chi connectivity index (χ3v) is 4.01. The van der Waals surface area contributed by atoms with Crippen LogP contribution in [0.5, 0.6) is 0 Å². The van der Waals surface area contributed by atoms with Gasteiger partial charge in [-0.3, -0.25) is 4.79 Å². The highest BCUT2D eigenvalue weighted by Gasteiger charge is 2.15. The standard InChI is InChI=1S/C13H16FIN2O/c14-9-3-4-11(12(15)8-9)13(18)17-7-5-10-2-1-6-16-10/h3-4,8,10,16H,1-2,5-7H2,(H,17,18)/t10-/m1/s1. The number of hydrogen-bond donors (Lipinski definition) is 2. The van der Waals surface area contributed by atoms with E-state index in [1.54, 1.807) is 0 Å². The van der Waals surface area contributed by atoms with Crippen LogP contribution < -0.4 is 10.6 Å². The van der Waals surface area contributed by atoms with Crippen LogP contribution in [0.15, 0.2) is 18.2 Å². The monoisotopic (exact) mass is 362 g/mol. The molecule has 0 bridgehead atoms. The van der Waals surface area contributed by atoms with Crippen LogP contribution in [0.2, 0.25) is 0 Å². The highest BCUT2D eigenvalue weighted by atomic mass is 127. The normalized spacial score (nSPS) is 18.9. The third kappa shape index (κ3) is 3.65. The Labute approximate surface area is 120 Å². The van der Waals surface area contributed by atoms with Crippen molar-refractivity contribution in [2.45, 2.75) is 25.3 Å². The van der Waals surface area contributed by atoms with Gasteiger partial charge in [-0.15, -0.1) is 0 Å². The first-order valence-corrected chi connectivity index (χ1v) is 7.21. The molecule has 2 rings (SSSR count). The minimum absolute atomic E-state index is 0.127. The number of rotatable bonds is 4. The summed E-state index contributed by atoms with van der Waals surface area (Å²) in [4.78, 5) is 11.9. The van der Waals surface area contributed by atoms with E-state index in [0.717, 1.165) is 13.0 Å². The molecule has 0 aliphatic carbocycles. The third-order valence-electron chi connectivity index (χ3n) is 3.12. The molecule has 1 fully saturated rings. The van der Waals surface area contributed by atoms with Crippen molar-refractivity contribution in [3.05, 3.63) is 33.1 Å². The lowest BCUT2D eigenvalue weighted by Gasteiger charge is -2.11. The molecule has 0 unspecified atom stereocenters. The fourth-order valence-corrected chi connectivity index (χ4v) is 2.85. The molecule has 1 amide bonds.